The number of carbonyl (C=O) groups excluding carboxylic acids is 1. The fourth-order valence-corrected chi connectivity index (χ4v) is 2.20. The highest BCUT2D eigenvalue weighted by Gasteiger charge is 2.35. The predicted octanol–water partition coefficient (Wildman–Crippen LogP) is 3.09. The molecule has 0 aliphatic rings. The zero-order chi connectivity index (χ0) is 13.6. The molecule has 0 aliphatic carbocycles. The summed E-state index contributed by atoms with van der Waals surface area (Å²) >= 11 is 0. The molecule has 1 atom stereocenters. The Kier molecular flexibility index (Phi) is 4.91. The van der Waals surface area contributed by atoms with Crippen molar-refractivity contribution in [1.29, 1.82) is 5.26 Å². The fourth-order valence-electron chi connectivity index (χ4n) is 2.20. The zero-order valence-electron chi connectivity index (χ0n) is 11.1. The molecule has 0 aromatic heterocycles. The summed E-state index contributed by atoms with van der Waals surface area (Å²) in [6, 6.07) is 9.94. The molecule has 0 radical (unpaired) electrons. The van der Waals surface area contributed by atoms with E-state index in [1.54, 1.807) is 7.11 Å². The molecule has 0 fully saturated rings. The first-order chi connectivity index (χ1) is 8.60. The number of rotatable bonds is 6. The van der Waals surface area contributed by atoms with Crippen molar-refractivity contribution in [3.63, 3.8) is 0 Å². The van der Waals surface area contributed by atoms with Crippen molar-refractivity contribution in [2.45, 2.75) is 32.1 Å². The van der Waals surface area contributed by atoms with Gasteiger partial charge in [-0.3, -0.25) is 0 Å². The number of hydrogen-bond acceptors (Lipinski definition) is 3. The van der Waals surface area contributed by atoms with E-state index in [1.165, 1.54) is 0 Å². The van der Waals surface area contributed by atoms with E-state index >= 15 is 0 Å². The second-order valence-corrected chi connectivity index (χ2v) is 4.68. The average molecular weight is 245 g/mol. The molecule has 0 amide bonds. The Hall–Kier alpha value is -1.82. The van der Waals surface area contributed by atoms with Crippen LogP contribution in [0.3, 0.4) is 0 Å². The van der Waals surface area contributed by atoms with E-state index in [2.05, 4.69) is 6.07 Å². The first-order valence-electron chi connectivity index (χ1n) is 6.10. The SMILES string of the molecule is COc1cccc(C(C#N)(CCC=O)C(C)C)c1. The summed E-state index contributed by atoms with van der Waals surface area (Å²) in [7, 11) is 1.61. The Labute approximate surface area is 108 Å². The van der Waals surface area contributed by atoms with Gasteiger partial charge in [-0.2, -0.15) is 5.26 Å². The maximum Gasteiger partial charge on any atom is 0.120 e. The minimum atomic E-state index is -0.630. The van der Waals surface area contributed by atoms with Crippen molar-refractivity contribution in [1.82, 2.24) is 0 Å². The standard InChI is InChI=1S/C15H19NO2/c1-12(2)15(11-16,8-5-9-17)13-6-4-7-14(10-13)18-3/h4,6-7,9-10,12H,5,8H2,1-3H3. The number of methoxy groups -OCH3 is 1. The Balaban J connectivity index is 3.23. The van der Waals surface area contributed by atoms with Crippen LogP contribution in [0.15, 0.2) is 24.3 Å². The Morgan fingerprint density at radius 3 is 2.72 bits per heavy atom. The Morgan fingerprint density at radius 2 is 2.22 bits per heavy atom. The van der Waals surface area contributed by atoms with Crippen molar-refractivity contribution in [2.24, 2.45) is 5.92 Å². The third kappa shape index (κ3) is 2.70. The number of aldehydes is 1. The predicted molar refractivity (Wildman–Crippen MR) is 70.4 cm³/mol. The lowest BCUT2D eigenvalue weighted by Crippen LogP contribution is -2.30. The molecule has 0 spiro atoms. The van der Waals surface area contributed by atoms with E-state index in [1.807, 2.05) is 38.1 Å². The summed E-state index contributed by atoms with van der Waals surface area (Å²) in [5, 5.41) is 9.58. The molecule has 96 valence electrons. The van der Waals surface area contributed by atoms with Crippen LogP contribution in [0.2, 0.25) is 0 Å². The smallest absolute Gasteiger partial charge is 0.120 e. The Bertz CT molecular complexity index is 448. The van der Waals surface area contributed by atoms with Crippen molar-refractivity contribution >= 4 is 6.29 Å². The van der Waals surface area contributed by atoms with Crippen molar-refractivity contribution in [3.8, 4) is 11.8 Å². The lowest BCUT2D eigenvalue weighted by atomic mass is 9.70. The first-order valence-corrected chi connectivity index (χ1v) is 6.10. The van der Waals surface area contributed by atoms with Gasteiger partial charge >= 0.3 is 0 Å². The molecule has 1 unspecified atom stereocenters. The quantitative estimate of drug-likeness (QED) is 0.724. The van der Waals surface area contributed by atoms with Crippen LogP contribution in [0.25, 0.3) is 0 Å². The average Bonchev–Trinajstić information content (AvgIpc) is 2.40. The van der Waals surface area contributed by atoms with Gasteiger partial charge in [0.25, 0.3) is 0 Å². The summed E-state index contributed by atoms with van der Waals surface area (Å²) in [5.74, 6) is 0.869. The minimum absolute atomic E-state index is 0.134. The molecule has 18 heavy (non-hydrogen) atoms. The van der Waals surface area contributed by atoms with Gasteiger partial charge in [-0.1, -0.05) is 26.0 Å². The number of benzene rings is 1. The maximum atomic E-state index is 10.6. The van der Waals surface area contributed by atoms with Crippen molar-refractivity contribution in [3.05, 3.63) is 29.8 Å². The van der Waals surface area contributed by atoms with E-state index in [0.717, 1.165) is 17.6 Å². The van der Waals surface area contributed by atoms with Crippen LogP contribution in [-0.2, 0) is 10.2 Å². The molecular weight excluding hydrogens is 226 g/mol. The van der Waals surface area contributed by atoms with Gasteiger partial charge in [0.1, 0.15) is 12.0 Å². The molecule has 0 bridgehead atoms. The lowest BCUT2D eigenvalue weighted by molar-refractivity contribution is -0.108. The minimum Gasteiger partial charge on any atom is -0.497 e. The largest absolute Gasteiger partial charge is 0.497 e. The summed E-state index contributed by atoms with van der Waals surface area (Å²) in [6.45, 7) is 4.01. The third-order valence-electron chi connectivity index (χ3n) is 3.43. The summed E-state index contributed by atoms with van der Waals surface area (Å²) in [5.41, 5.74) is 0.288. The van der Waals surface area contributed by atoms with Gasteiger partial charge in [0.15, 0.2) is 0 Å². The molecule has 3 nitrogen and oxygen atoms in total. The number of nitrogens with zero attached hydrogens (tertiary/aromatic N) is 1. The van der Waals surface area contributed by atoms with Crippen LogP contribution in [0.1, 0.15) is 32.3 Å². The van der Waals surface area contributed by atoms with E-state index in [4.69, 9.17) is 4.74 Å². The lowest BCUT2D eigenvalue weighted by Gasteiger charge is -2.31. The van der Waals surface area contributed by atoms with Gasteiger partial charge in [-0.25, -0.2) is 0 Å². The summed E-state index contributed by atoms with van der Waals surface area (Å²) in [4.78, 5) is 10.6. The molecule has 3 heteroatoms. The first kappa shape index (κ1) is 14.2. The van der Waals surface area contributed by atoms with E-state index in [-0.39, 0.29) is 5.92 Å². The molecular formula is C15H19NO2. The second kappa shape index (κ2) is 6.20. The number of nitriles is 1. The van der Waals surface area contributed by atoms with Crippen LogP contribution in [0.4, 0.5) is 0 Å². The normalized spacial score (nSPS) is 13.7. The van der Waals surface area contributed by atoms with Crippen LogP contribution >= 0.6 is 0 Å². The van der Waals surface area contributed by atoms with Gasteiger partial charge in [0, 0.05) is 6.42 Å². The van der Waals surface area contributed by atoms with Gasteiger partial charge in [-0.05, 0) is 30.0 Å². The van der Waals surface area contributed by atoms with E-state index in [9.17, 15) is 10.1 Å². The van der Waals surface area contributed by atoms with Gasteiger partial charge < -0.3 is 9.53 Å². The monoisotopic (exact) mass is 245 g/mol. The van der Waals surface area contributed by atoms with Gasteiger partial charge in [0.05, 0.1) is 18.6 Å². The van der Waals surface area contributed by atoms with Gasteiger partial charge in [-0.15, -0.1) is 0 Å². The molecule has 1 rings (SSSR count). The Morgan fingerprint density at radius 1 is 1.50 bits per heavy atom. The second-order valence-electron chi connectivity index (χ2n) is 4.68. The van der Waals surface area contributed by atoms with Crippen molar-refractivity contribution in [2.75, 3.05) is 7.11 Å². The van der Waals surface area contributed by atoms with Crippen LogP contribution < -0.4 is 4.74 Å². The summed E-state index contributed by atoms with van der Waals surface area (Å²) in [6.07, 6.45) is 1.80. The highest BCUT2D eigenvalue weighted by molar-refractivity contribution is 5.50. The van der Waals surface area contributed by atoms with Crippen LogP contribution in [-0.4, -0.2) is 13.4 Å². The molecule has 0 saturated heterocycles. The van der Waals surface area contributed by atoms with E-state index in [0.29, 0.717) is 12.8 Å². The number of hydrogen-bond donors (Lipinski definition) is 0. The molecule has 0 heterocycles. The summed E-state index contributed by atoms with van der Waals surface area (Å²) < 4.78 is 5.20. The van der Waals surface area contributed by atoms with Crippen molar-refractivity contribution < 1.29 is 9.53 Å². The van der Waals surface area contributed by atoms with E-state index < -0.39 is 5.41 Å². The third-order valence-corrected chi connectivity index (χ3v) is 3.43. The van der Waals surface area contributed by atoms with Gasteiger partial charge in [0.2, 0.25) is 0 Å². The molecule has 1 aromatic carbocycles. The molecule has 1 aromatic rings. The zero-order valence-corrected chi connectivity index (χ0v) is 11.1. The van der Waals surface area contributed by atoms with Crippen LogP contribution in [0.5, 0.6) is 5.75 Å². The maximum absolute atomic E-state index is 10.6. The fraction of sp³-hybridized carbons (Fsp3) is 0.467. The van der Waals surface area contributed by atoms with Crippen LogP contribution in [0, 0.1) is 17.2 Å². The highest BCUT2D eigenvalue weighted by Crippen LogP contribution is 2.37. The number of carbonyl (C=O) groups is 1. The number of ether oxygens (including phenoxy) is 1. The molecule has 0 aliphatic heterocycles. The molecule has 0 saturated carbocycles. The topological polar surface area (TPSA) is 50.1 Å². The highest BCUT2D eigenvalue weighted by atomic mass is 16.5. The molecule has 0 N–H and O–H groups in total.